The summed E-state index contributed by atoms with van der Waals surface area (Å²) < 4.78 is 74.5. The second kappa shape index (κ2) is 6.98. The highest BCUT2D eigenvalue weighted by Crippen LogP contribution is 2.42. The predicted octanol–water partition coefficient (Wildman–Crippen LogP) is 1.26. The van der Waals surface area contributed by atoms with Crippen LogP contribution in [0.3, 0.4) is 0 Å². The van der Waals surface area contributed by atoms with Crippen molar-refractivity contribution in [2.24, 2.45) is 0 Å². The van der Waals surface area contributed by atoms with Gasteiger partial charge in [0.15, 0.2) is 0 Å². The van der Waals surface area contributed by atoms with Crippen molar-refractivity contribution < 1.29 is 44.2 Å². The van der Waals surface area contributed by atoms with Crippen LogP contribution in [0.15, 0.2) is 42.5 Å². The lowest BCUT2D eigenvalue weighted by Crippen LogP contribution is -2.24. The monoisotopic (exact) mass is 418 g/mol. The maximum absolute atomic E-state index is 10.8. The van der Waals surface area contributed by atoms with E-state index in [4.69, 9.17) is 13.8 Å². The van der Waals surface area contributed by atoms with E-state index in [1.54, 1.807) is 0 Å². The number of aliphatic hydroxyl groups excluding tert-OH is 1. The van der Waals surface area contributed by atoms with Gasteiger partial charge in [0.25, 0.3) is 0 Å². The maximum atomic E-state index is 10.8. The first kappa shape index (κ1) is 19.4. The summed E-state index contributed by atoms with van der Waals surface area (Å²) in [5, 5.41) is 10.6. The Kier molecular flexibility index (Phi) is 5.01. The van der Waals surface area contributed by atoms with E-state index < -0.39 is 32.8 Å². The summed E-state index contributed by atoms with van der Waals surface area (Å²) in [6, 6.07) is 9.54. The van der Waals surface area contributed by atoms with Gasteiger partial charge < -0.3 is 18.2 Å². The van der Waals surface area contributed by atoms with E-state index in [1.165, 1.54) is 42.5 Å². The third-order valence-corrected chi connectivity index (χ3v) is 4.62. The Morgan fingerprint density at radius 1 is 0.889 bits per heavy atom. The van der Waals surface area contributed by atoms with Gasteiger partial charge in [-0.05, 0) is 29.8 Å². The molecule has 0 saturated carbocycles. The number of hydrogen-bond donors (Lipinski definition) is 3. The lowest BCUT2D eigenvalue weighted by atomic mass is 9.87. The molecule has 0 aliphatic carbocycles. The van der Waals surface area contributed by atoms with Crippen LogP contribution in [0.4, 0.5) is 0 Å². The van der Waals surface area contributed by atoms with Gasteiger partial charge in [-0.3, -0.25) is 9.11 Å². The smallest absolute Gasteiger partial charge is 0.446 e. The lowest BCUT2D eigenvalue weighted by molar-refractivity contribution is 0.0888. The van der Waals surface area contributed by atoms with Crippen molar-refractivity contribution in [3.63, 3.8) is 0 Å². The zero-order chi connectivity index (χ0) is 19.8. The summed E-state index contributed by atoms with van der Waals surface area (Å²) in [5.74, 6) is -0.565. The van der Waals surface area contributed by atoms with Gasteiger partial charge in [0.05, 0.1) is 12.7 Å². The Morgan fingerprint density at radius 2 is 1.44 bits per heavy atom. The van der Waals surface area contributed by atoms with E-state index in [0.29, 0.717) is 11.1 Å². The second-order valence-electron chi connectivity index (χ2n) is 5.65. The number of fused-ring (bicyclic) bond motifs is 1. The van der Waals surface area contributed by atoms with Crippen molar-refractivity contribution in [1.82, 2.24) is 0 Å². The van der Waals surface area contributed by atoms with Crippen LogP contribution >= 0.6 is 0 Å². The van der Waals surface area contributed by atoms with Crippen molar-refractivity contribution in [1.29, 1.82) is 0 Å². The Hall–Kier alpha value is -2.38. The first-order valence-corrected chi connectivity index (χ1v) is 10.1. The number of hydrogen-bond acceptors (Lipinski definition) is 8. The van der Waals surface area contributed by atoms with Gasteiger partial charge in [-0.15, -0.1) is 0 Å². The molecule has 3 N–H and O–H groups in total. The fraction of sp³-hybridized carbons (Fsp3) is 0.200. The van der Waals surface area contributed by atoms with E-state index in [0.717, 1.165) is 0 Å². The van der Waals surface area contributed by atoms with E-state index in [1.807, 2.05) is 0 Å². The molecule has 2 unspecified atom stereocenters. The molecule has 1 aliphatic rings. The molecule has 0 radical (unpaired) electrons. The Bertz CT molecular complexity index is 1040. The Balaban J connectivity index is 1.81. The van der Waals surface area contributed by atoms with Crippen LogP contribution in [0.1, 0.15) is 23.1 Å². The summed E-state index contributed by atoms with van der Waals surface area (Å²) in [7, 11) is -9.31. The molecule has 0 amide bonds. The fourth-order valence-electron chi connectivity index (χ4n) is 2.72. The molecule has 2 aromatic rings. The Labute approximate surface area is 154 Å². The zero-order valence-corrected chi connectivity index (χ0v) is 15.1. The molecule has 0 aromatic heterocycles. The van der Waals surface area contributed by atoms with Crippen LogP contribution in [0.2, 0.25) is 0 Å². The molecule has 1 aliphatic heterocycles. The van der Waals surface area contributed by atoms with Crippen LogP contribution in [0.25, 0.3) is 0 Å². The van der Waals surface area contributed by atoms with Crippen LogP contribution < -0.4 is 13.1 Å². The summed E-state index contributed by atoms with van der Waals surface area (Å²) in [6.45, 7) is 0.0436. The number of aliphatic hydroxyl groups is 1. The van der Waals surface area contributed by atoms with Crippen molar-refractivity contribution >= 4 is 20.8 Å². The SMILES string of the molecule is O=S(=O)(O)Oc1ccc(C2COc3cc(OS(=O)(=O)O)ccc3C2O)cc1. The highest BCUT2D eigenvalue weighted by atomic mass is 32.3. The minimum atomic E-state index is -4.68. The van der Waals surface area contributed by atoms with Crippen molar-refractivity contribution in [2.45, 2.75) is 12.0 Å². The number of rotatable bonds is 5. The fourth-order valence-corrected chi connectivity index (χ4v) is 3.42. The molecule has 12 heteroatoms. The van der Waals surface area contributed by atoms with Crippen LogP contribution in [0, 0.1) is 0 Å². The van der Waals surface area contributed by atoms with E-state index in [9.17, 15) is 21.9 Å². The quantitative estimate of drug-likeness (QED) is 0.604. The van der Waals surface area contributed by atoms with E-state index in [2.05, 4.69) is 8.37 Å². The summed E-state index contributed by atoms with van der Waals surface area (Å²) in [4.78, 5) is 0. The molecule has 0 saturated heterocycles. The second-order valence-corrected chi connectivity index (χ2v) is 7.70. The van der Waals surface area contributed by atoms with Gasteiger partial charge >= 0.3 is 20.8 Å². The van der Waals surface area contributed by atoms with Gasteiger partial charge in [0, 0.05) is 17.5 Å². The summed E-state index contributed by atoms with van der Waals surface area (Å²) in [6.07, 6.45) is -0.998. The average molecular weight is 418 g/mol. The highest BCUT2D eigenvalue weighted by molar-refractivity contribution is 7.81. The molecular formula is C15H14O10S2. The maximum Gasteiger partial charge on any atom is 0.446 e. The summed E-state index contributed by atoms with van der Waals surface area (Å²) >= 11 is 0. The zero-order valence-electron chi connectivity index (χ0n) is 13.4. The van der Waals surface area contributed by atoms with E-state index in [-0.39, 0.29) is 23.9 Å². The van der Waals surface area contributed by atoms with Gasteiger partial charge in [0.2, 0.25) is 0 Å². The highest BCUT2D eigenvalue weighted by Gasteiger charge is 2.31. The minimum absolute atomic E-state index is 0.0436. The molecule has 0 spiro atoms. The van der Waals surface area contributed by atoms with Crippen molar-refractivity contribution in [2.75, 3.05) is 6.61 Å². The van der Waals surface area contributed by atoms with Crippen molar-refractivity contribution in [3.05, 3.63) is 53.6 Å². The van der Waals surface area contributed by atoms with Gasteiger partial charge in [-0.25, -0.2) is 0 Å². The first-order chi connectivity index (χ1) is 12.5. The van der Waals surface area contributed by atoms with Gasteiger partial charge in [-0.2, -0.15) is 16.8 Å². The predicted molar refractivity (Wildman–Crippen MR) is 90.4 cm³/mol. The minimum Gasteiger partial charge on any atom is -0.492 e. The normalized spacial score (nSPS) is 19.7. The summed E-state index contributed by atoms with van der Waals surface area (Å²) in [5.41, 5.74) is 1.00. The molecule has 10 nitrogen and oxygen atoms in total. The Morgan fingerprint density at radius 3 is 2.04 bits per heavy atom. The third kappa shape index (κ3) is 4.87. The third-order valence-electron chi connectivity index (χ3n) is 3.81. The first-order valence-electron chi connectivity index (χ1n) is 7.40. The number of ether oxygens (including phenoxy) is 1. The molecule has 0 fully saturated rings. The molecule has 27 heavy (non-hydrogen) atoms. The lowest BCUT2D eigenvalue weighted by Gasteiger charge is -2.30. The van der Waals surface area contributed by atoms with Crippen LogP contribution in [-0.4, -0.2) is 37.7 Å². The standard InChI is InChI=1S/C15H14O10S2/c16-15-12-6-5-11(25-27(20,21)22)7-14(12)23-8-13(15)9-1-3-10(4-2-9)24-26(17,18)19/h1-7,13,15-16H,8H2,(H,17,18,19)(H,20,21,22). The van der Waals surface area contributed by atoms with Crippen LogP contribution in [-0.2, 0) is 20.8 Å². The molecule has 0 bridgehead atoms. The molecule has 2 atom stereocenters. The van der Waals surface area contributed by atoms with E-state index >= 15 is 0 Å². The topological polar surface area (TPSA) is 157 Å². The van der Waals surface area contributed by atoms with Gasteiger partial charge in [0.1, 0.15) is 17.2 Å². The molecular weight excluding hydrogens is 404 g/mol. The molecule has 146 valence electrons. The van der Waals surface area contributed by atoms with Crippen LogP contribution in [0.5, 0.6) is 17.2 Å². The molecule has 2 aromatic carbocycles. The van der Waals surface area contributed by atoms with Crippen molar-refractivity contribution in [3.8, 4) is 17.2 Å². The number of benzene rings is 2. The molecule has 3 rings (SSSR count). The average Bonchev–Trinajstić information content (AvgIpc) is 2.53. The van der Waals surface area contributed by atoms with Gasteiger partial charge in [-0.1, -0.05) is 12.1 Å². The largest absolute Gasteiger partial charge is 0.492 e. The molecule has 1 heterocycles.